The lowest BCUT2D eigenvalue weighted by molar-refractivity contribution is 0.397. The van der Waals surface area contributed by atoms with E-state index in [0.29, 0.717) is 12.1 Å². The number of nitrogens with one attached hydrogen (secondary N) is 1. The van der Waals surface area contributed by atoms with Gasteiger partial charge in [-0.05, 0) is 60.6 Å². The van der Waals surface area contributed by atoms with Gasteiger partial charge in [0.25, 0.3) is 0 Å². The lowest BCUT2D eigenvalue weighted by Crippen LogP contribution is -2.55. The maximum absolute atomic E-state index is 3.61. The molecule has 17 heavy (non-hydrogen) atoms. The molecule has 1 N–H and O–H groups in total. The van der Waals surface area contributed by atoms with Crippen molar-refractivity contribution in [3.8, 4) is 0 Å². The number of piperazine rings is 1. The van der Waals surface area contributed by atoms with E-state index in [9.17, 15) is 0 Å². The average molecular weight is 344 g/mol. The smallest absolute Gasteiger partial charge is 0.0409 e. The van der Waals surface area contributed by atoms with E-state index in [-0.39, 0.29) is 0 Å². The number of hydrogen-bond acceptors (Lipinski definition) is 2. The van der Waals surface area contributed by atoms with Crippen LogP contribution in [0.25, 0.3) is 0 Å². The third-order valence-corrected chi connectivity index (χ3v) is 4.30. The van der Waals surface area contributed by atoms with Crippen LogP contribution in [0, 0.1) is 10.5 Å². The lowest BCUT2D eigenvalue weighted by Gasteiger charge is -2.41. The SMILES string of the molecule is CCC1CN(c2cc(I)ccc2C)C(C)CN1. The monoisotopic (exact) mass is 344 g/mol. The van der Waals surface area contributed by atoms with E-state index in [1.807, 2.05) is 0 Å². The minimum atomic E-state index is 0.578. The first-order valence-corrected chi connectivity index (χ1v) is 7.46. The van der Waals surface area contributed by atoms with Crippen LogP contribution in [0.4, 0.5) is 5.69 Å². The van der Waals surface area contributed by atoms with Crippen LogP contribution in [0.15, 0.2) is 18.2 Å². The number of nitrogens with zero attached hydrogens (tertiary/aromatic N) is 1. The average Bonchev–Trinajstić information content (AvgIpc) is 2.33. The largest absolute Gasteiger partial charge is 0.366 e. The predicted octanol–water partition coefficient (Wildman–Crippen LogP) is 3.18. The van der Waals surface area contributed by atoms with Crippen LogP contribution >= 0.6 is 22.6 Å². The van der Waals surface area contributed by atoms with Crippen molar-refractivity contribution in [2.45, 2.75) is 39.3 Å². The summed E-state index contributed by atoms with van der Waals surface area (Å²) in [6, 6.07) is 7.93. The van der Waals surface area contributed by atoms with Crippen LogP contribution in [0.3, 0.4) is 0 Å². The van der Waals surface area contributed by atoms with Crippen LogP contribution in [0.1, 0.15) is 25.8 Å². The molecule has 2 rings (SSSR count). The van der Waals surface area contributed by atoms with Crippen molar-refractivity contribution in [1.29, 1.82) is 0 Å². The molecule has 3 heteroatoms. The van der Waals surface area contributed by atoms with E-state index >= 15 is 0 Å². The molecular formula is C14H21IN2. The van der Waals surface area contributed by atoms with Gasteiger partial charge in [-0.1, -0.05) is 13.0 Å². The van der Waals surface area contributed by atoms with Gasteiger partial charge in [-0.3, -0.25) is 0 Å². The Hall–Kier alpha value is -0.290. The molecule has 1 aliphatic rings. The van der Waals surface area contributed by atoms with Gasteiger partial charge in [-0.25, -0.2) is 0 Å². The van der Waals surface area contributed by atoms with Gasteiger partial charge in [0.05, 0.1) is 0 Å². The molecular weight excluding hydrogens is 323 g/mol. The second kappa shape index (κ2) is 5.57. The van der Waals surface area contributed by atoms with Gasteiger partial charge in [0.2, 0.25) is 0 Å². The maximum Gasteiger partial charge on any atom is 0.0409 e. The number of halogens is 1. The van der Waals surface area contributed by atoms with E-state index in [4.69, 9.17) is 0 Å². The van der Waals surface area contributed by atoms with Gasteiger partial charge in [0, 0.05) is 34.4 Å². The molecule has 2 nitrogen and oxygen atoms in total. The summed E-state index contributed by atoms with van der Waals surface area (Å²) in [4.78, 5) is 2.56. The number of rotatable bonds is 2. The number of benzene rings is 1. The first kappa shape index (κ1) is 13.1. The van der Waals surface area contributed by atoms with Crippen LogP contribution in [-0.2, 0) is 0 Å². The Labute approximate surface area is 118 Å². The molecule has 1 saturated heterocycles. The Bertz CT molecular complexity index is 392. The normalized spacial score (nSPS) is 25.1. The topological polar surface area (TPSA) is 15.3 Å². The first-order valence-electron chi connectivity index (χ1n) is 6.38. The summed E-state index contributed by atoms with van der Waals surface area (Å²) in [6.07, 6.45) is 1.20. The van der Waals surface area contributed by atoms with Crippen LogP contribution in [0.5, 0.6) is 0 Å². The van der Waals surface area contributed by atoms with Gasteiger partial charge in [-0.2, -0.15) is 0 Å². The summed E-state index contributed by atoms with van der Waals surface area (Å²) in [6.45, 7) is 8.98. The third-order valence-electron chi connectivity index (χ3n) is 3.62. The molecule has 1 heterocycles. The van der Waals surface area contributed by atoms with Crippen molar-refractivity contribution in [2.75, 3.05) is 18.0 Å². The van der Waals surface area contributed by atoms with Crippen LogP contribution in [-0.4, -0.2) is 25.2 Å². The molecule has 94 valence electrons. The molecule has 1 aliphatic heterocycles. The Kier molecular flexibility index (Phi) is 4.31. The number of hydrogen-bond donors (Lipinski definition) is 1. The molecule has 1 aromatic carbocycles. The summed E-state index contributed by atoms with van der Waals surface area (Å²) in [5.74, 6) is 0. The minimum Gasteiger partial charge on any atom is -0.366 e. The Morgan fingerprint density at radius 3 is 2.94 bits per heavy atom. The molecule has 0 amide bonds. The van der Waals surface area contributed by atoms with Gasteiger partial charge in [0.1, 0.15) is 0 Å². The summed E-state index contributed by atoms with van der Waals surface area (Å²) in [5, 5.41) is 3.61. The first-order chi connectivity index (χ1) is 8.11. The van der Waals surface area contributed by atoms with Crippen molar-refractivity contribution in [3.63, 3.8) is 0 Å². The molecule has 0 aliphatic carbocycles. The number of anilines is 1. The molecule has 2 unspecified atom stereocenters. The molecule has 0 spiro atoms. The van der Waals surface area contributed by atoms with Crippen molar-refractivity contribution < 1.29 is 0 Å². The second-order valence-corrected chi connectivity index (χ2v) is 6.19. The van der Waals surface area contributed by atoms with E-state index in [2.05, 4.69) is 71.8 Å². The summed E-state index contributed by atoms with van der Waals surface area (Å²) in [7, 11) is 0. The number of aryl methyl sites for hydroxylation is 1. The molecule has 1 aromatic rings. The van der Waals surface area contributed by atoms with Gasteiger partial charge < -0.3 is 10.2 Å². The Morgan fingerprint density at radius 2 is 2.24 bits per heavy atom. The Morgan fingerprint density at radius 1 is 1.47 bits per heavy atom. The fourth-order valence-electron chi connectivity index (χ4n) is 2.43. The quantitative estimate of drug-likeness (QED) is 0.829. The van der Waals surface area contributed by atoms with Gasteiger partial charge in [-0.15, -0.1) is 0 Å². The van der Waals surface area contributed by atoms with Crippen LogP contribution in [0.2, 0.25) is 0 Å². The van der Waals surface area contributed by atoms with Gasteiger partial charge in [0.15, 0.2) is 0 Å². The van der Waals surface area contributed by atoms with E-state index in [1.165, 1.54) is 21.2 Å². The van der Waals surface area contributed by atoms with E-state index < -0.39 is 0 Å². The maximum atomic E-state index is 3.61. The van der Waals surface area contributed by atoms with Crippen molar-refractivity contribution >= 4 is 28.3 Å². The lowest BCUT2D eigenvalue weighted by atomic mass is 10.1. The summed E-state index contributed by atoms with van der Waals surface area (Å²) >= 11 is 2.40. The van der Waals surface area contributed by atoms with Crippen molar-refractivity contribution in [2.24, 2.45) is 0 Å². The van der Waals surface area contributed by atoms with Crippen molar-refractivity contribution in [3.05, 3.63) is 27.3 Å². The standard InChI is InChI=1S/C14H21IN2/c1-4-13-9-17(11(3)8-16-13)14-7-12(15)6-5-10(14)2/h5-7,11,13,16H,4,8-9H2,1-3H3. The van der Waals surface area contributed by atoms with E-state index in [1.54, 1.807) is 0 Å². The highest BCUT2D eigenvalue weighted by atomic mass is 127. The molecule has 0 radical (unpaired) electrons. The second-order valence-electron chi connectivity index (χ2n) is 4.95. The van der Waals surface area contributed by atoms with E-state index in [0.717, 1.165) is 13.1 Å². The Balaban J connectivity index is 2.27. The zero-order valence-electron chi connectivity index (χ0n) is 10.8. The van der Waals surface area contributed by atoms with Crippen molar-refractivity contribution in [1.82, 2.24) is 5.32 Å². The predicted molar refractivity (Wildman–Crippen MR) is 82.8 cm³/mol. The molecule has 1 fully saturated rings. The molecule has 0 saturated carbocycles. The van der Waals surface area contributed by atoms with Gasteiger partial charge >= 0.3 is 0 Å². The summed E-state index contributed by atoms with van der Waals surface area (Å²) < 4.78 is 1.32. The minimum absolute atomic E-state index is 0.578. The highest BCUT2D eigenvalue weighted by Gasteiger charge is 2.24. The third kappa shape index (κ3) is 2.94. The molecule has 0 bridgehead atoms. The fourth-order valence-corrected chi connectivity index (χ4v) is 2.91. The molecule has 2 atom stereocenters. The molecule has 0 aromatic heterocycles. The summed E-state index contributed by atoms with van der Waals surface area (Å²) in [5.41, 5.74) is 2.79. The zero-order valence-corrected chi connectivity index (χ0v) is 13.0. The highest BCUT2D eigenvalue weighted by molar-refractivity contribution is 14.1. The van der Waals surface area contributed by atoms with Crippen LogP contribution < -0.4 is 10.2 Å². The zero-order chi connectivity index (χ0) is 12.4. The fraction of sp³-hybridized carbons (Fsp3) is 0.571. The highest BCUT2D eigenvalue weighted by Crippen LogP contribution is 2.26.